The number of aromatic amines is 1. The Labute approximate surface area is 101 Å². The number of thiazole rings is 1. The minimum Gasteiger partial charge on any atom is -0.383 e. The molecule has 0 amide bonds. The van der Waals surface area contributed by atoms with Gasteiger partial charge in [0.05, 0.1) is 11.1 Å². The fourth-order valence-electron chi connectivity index (χ4n) is 1.81. The van der Waals surface area contributed by atoms with Crippen LogP contribution in [0.4, 0.5) is 5.82 Å². The van der Waals surface area contributed by atoms with Crippen LogP contribution >= 0.6 is 11.3 Å². The molecule has 3 aromatic rings. The molecule has 3 N–H and O–H groups in total. The summed E-state index contributed by atoms with van der Waals surface area (Å²) in [7, 11) is 0. The second-order valence-corrected chi connectivity index (χ2v) is 4.98. The molecule has 0 fully saturated rings. The number of nitrogens with one attached hydrogen (secondary N) is 1. The summed E-state index contributed by atoms with van der Waals surface area (Å²) in [5, 5.41) is 15.2. The Balaban J connectivity index is 2.34. The van der Waals surface area contributed by atoms with E-state index in [2.05, 4.69) is 34.1 Å². The average molecular weight is 248 g/mol. The SMILES string of the molecule is CC(C)c1nn(-c2nccs2)c2n[nH]c(N)c12. The molecule has 17 heavy (non-hydrogen) atoms. The van der Waals surface area contributed by atoms with Crippen molar-refractivity contribution >= 4 is 28.2 Å². The molecule has 0 spiro atoms. The Hall–Kier alpha value is -1.89. The number of hydrogen-bond acceptors (Lipinski definition) is 5. The van der Waals surface area contributed by atoms with Crippen LogP contribution in [0.25, 0.3) is 16.2 Å². The van der Waals surface area contributed by atoms with E-state index in [9.17, 15) is 0 Å². The zero-order chi connectivity index (χ0) is 12.0. The predicted octanol–water partition coefficient (Wildman–Crippen LogP) is 1.91. The first-order chi connectivity index (χ1) is 8.18. The zero-order valence-corrected chi connectivity index (χ0v) is 10.3. The third kappa shape index (κ3) is 1.42. The number of H-pyrrole nitrogens is 1. The predicted molar refractivity (Wildman–Crippen MR) is 67.4 cm³/mol. The van der Waals surface area contributed by atoms with Crippen molar-refractivity contribution in [1.82, 2.24) is 25.0 Å². The van der Waals surface area contributed by atoms with Crippen LogP contribution in [0, 0.1) is 0 Å². The number of hydrogen-bond donors (Lipinski definition) is 2. The first-order valence-corrected chi connectivity index (χ1v) is 6.18. The molecule has 3 rings (SSSR count). The fourth-order valence-corrected chi connectivity index (χ4v) is 2.41. The van der Waals surface area contributed by atoms with Gasteiger partial charge in [0.2, 0.25) is 5.13 Å². The summed E-state index contributed by atoms with van der Waals surface area (Å²) >= 11 is 1.52. The van der Waals surface area contributed by atoms with Gasteiger partial charge in [-0.15, -0.1) is 11.3 Å². The van der Waals surface area contributed by atoms with Crippen LogP contribution in [0.5, 0.6) is 0 Å². The Morgan fingerprint density at radius 1 is 1.47 bits per heavy atom. The van der Waals surface area contributed by atoms with Crippen molar-refractivity contribution in [3.05, 3.63) is 17.3 Å². The van der Waals surface area contributed by atoms with Crippen molar-refractivity contribution < 1.29 is 0 Å². The molecule has 0 radical (unpaired) electrons. The third-order valence-corrected chi connectivity index (χ3v) is 3.33. The molecule has 0 aliphatic carbocycles. The van der Waals surface area contributed by atoms with Crippen LogP contribution in [-0.4, -0.2) is 25.0 Å². The van der Waals surface area contributed by atoms with Crippen molar-refractivity contribution in [2.75, 3.05) is 5.73 Å². The van der Waals surface area contributed by atoms with Crippen LogP contribution in [0.15, 0.2) is 11.6 Å². The standard InChI is InChI=1S/C10H12N6S/c1-5(2)7-6-8(11)13-14-9(6)16(15-7)10-12-3-4-17-10/h3-5H,1-2H3,(H3,11,13,14). The molecule has 3 heterocycles. The van der Waals surface area contributed by atoms with Gasteiger partial charge in [0, 0.05) is 11.6 Å². The average Bonchev–Trinajstić information content (AvgIpc) is 2.95. The summed E-state index contributed by atoms with van der Waals surface area (Å²) in [6.45, 7) is 4.17. The van der Waals surface area contributed by atoms with E-state index >= 15 is 0 Å². The van der Waals surface area contributed by atoms with Gasteiger partial charge in [-0.3, -0.25) is 5.10 Å². The number of anilines is 1. The van der Waals surface area contributed by atoms with Gasteiger partial charge >= 0.3 is 0 Å². The summed E-state index contributed by atoms with van der Waals surface area (Å²) < 4.78 is 1.74. The minimum absolute atomic E-state index is 0.290. The summed E-state index contributed by atoms with van der Waals surface area (Å²) in [5.74, 6) is 0.852. The molecule has 0 bridgehead atoms. The van der Waals surface area contributed by atoms with Gasteiger partial charge in [0.25, 0.3) is 0 Å². The lowest BCUT2D eigenvalue weighted by Crippen LogP contribution is -1.99. The van der Waals surface area contributed by atoms with Crippen molar-refractivity contribution in [3.8, 4) is 5.13 Å². The van der Waals surface area contributed by atoms with E-state index in [1.807, 2.05) is 5.38 Å². The molecule has 0 saturated carbocycles. The van der Waals surface area contributed by atoms with Crippen molar-refractivity contribution in [2.45, 2.75) is 19.8 Å². The first-order valence-electron chi connectivity index (χ1n) is 5.31. The Morgan fingerprint density at radius 2 is 2.29 bits per heavy atom. The van der Waals surface area contributed by atoms with Gasteiger partial charge in [-0.1, -0.05) is 13.8 Å². The van der Waals surface area contributed by atoms with E-state index < -0.39 is 0 Å². The Morgan fingerprint density at radius 3 is 2.94 bits per heavy atom. The van der Waals surface area contributed by atoms with Crippen LogP contribution < -0.4 is 5.73 Å². The van der Waals surface area contributed by atoms with Crippen molar-refractivity contribution in [1.29, 1.82) is 0 Å². The fraction of sp³-hybridized carbons (Fsp3) is 0.300. The van der Waals surface area contributed by atoms with Gasteiger partial charge in [-0.2, -0.15) is 14.9 Å². The zero-order valence-electron chi connectivity index (χ0n) is 9.51. The topological polar surface area (TPSA) is 85.4 Å². The number of aromatic nitrogens is 5. The molecule has 0 atom stereocenters. The molecule has 0 aromatic carbocycles. The van der Waals surface area contributed by atoms with Gasteiger partial charge in [-0.25, -0.2) is 4.98 Å². The highest BCUT2D eigenvalue weighted by molar-refractivity contribution is 7.12. The van der Waals surface area contributed by atoms with E-state index in [1.165, 1.54) is 11.3 Å². The van der Waals surface area contributed by atoms with E-state index in [0.717, 1.165) is 21.9 Å². The molecular weight excluding hydrogens is 236 g/mol. The highest BCUT2D eigenvalue weighted by Crippen LogP contribution is 2.29. The number of rotatable bonds is 2. The monoisotopic (exact) mass is 248 g/mol. The smallest absolute Gasteiger partial charge is 0.212 e. The number of nitrogen functional groups attached to an aromatic ring is 1. The molecule has 0 aliphatic heterocycles. The molecule has 0 saturated heterocycles. The highest BCUT2D eigenvalue weighted by Gasteiger charge is 2.20. The van der Waals surface area contributed by atoms with Crippen LogP contribution in [0.2, 0.25) is 0 Å². The number of nitrogens with zero attached hydrogens (tertiary/aromatic N) is 4. The van der Waals surface area contributed by atoms with E-state index in [1.54, 1.807) is 10.9 Å². The Kier molecular flexibility index (Phi) is 2.15. The quantitative estimate of drug-likeness (QED) is 0.725. The third-order valence-electron chi connectivity index (χ3n) is 2.59. The molecule has 3 aromatic heterocycles. The second kappa shape index (κ2) is 3.56. The van der Waals surface area contributed by atoms with Gasteiger partial charge < -0.3 is 5.73 Å². The lowest BCUT2D eigenvalue weighted by molar-refractivity contribution is 0.769. The van der Waals surface area contributed by atoms with Gasteiger partial charge in [-0.05, 0) is 5.92 Å². The van der Waals surface area contributed by atoms with Crippen LogP contribution in [-0.2, 0) is 0 Å². The van der Waals surface area contributed by atoms with Crippen LogP contribution in [0.3, 0.4) is 0 Å². The Bertz CT molecular complexity index is 648. The minimum atomic E-state index is 0.290. The lowest BCUT2D eigenvalue weighted by atomic mass is 10.1. The lowest BCUT2D eigenvalue weighted by Gasteiger charge is -1.99. The maximum atomic E-state index is 5.89. The maximum Gasteiger partial charge on any atom is 0.212 e. The number of nitrogens with two attached hydrogens (primary N) is 1. The van der Waals surface area contributed by atoms with Crippen LogP contribution in [0.1, 0.15) is 25.5 Å². The van der Waals surface area contributed by atoms with Gasteiger partial charge in [0.15, 0.2) is 5.65 Å². The molecule has 0 unspecified atom stereocenters. The maximum absolute atomic E-state index is 5.89. The molecule has 0 aliphatic rings. The van der Waals surface area contributed by atoms with E-state index in [-0.39, 0.29) is 0 Å². The number of fused-ring (bicyclic) bond motifs is 1. The summed E-state index contributed by atoms with van der Waals surface area (Å²) in [6.07, 6.45) is 1.75. The molecule has 88 valence electrons. The summed E-state index contributed by atoms with van der Waals surface area (Å²) in [5.41, 5.74) is 7.58. The second-order valence-electron chi connectivity index (χ2n) is 4.10. The van der Waals surface area contributed by atoms with Crippen molar-refractivity contribution in [3.63, 3.8) is 0 Å². The normalized spacial score (nSPS) is 11.7. The summed E-state index contributed by atoms with van der Waals surface area (Å²) in [6, 6.07) is 0. The molecule has 6 nitrogen and oxygen atoms in total. The van der Waals surface area contributed by atoms with E-state index in [0.29, 0.717) is 11.7 Å². The highest BCUT2D eigenvalue weighted by atomic mass is 32.1. The summed E-state index contributed by atoms with van der Waals surface area (Å²) in [4.78, 5) is 4.24. The van der Waals surface area contributed by atoms with Crippen molar-refractivity contribution in [2.24, 2.45) is 0 Å². The molecule has 7 heteroatoms. The first kappa shape index (κ1) is 10.3. The largest absolute Gasteiger partial charge is 0.383 e. The molecular formula is C10H12N6S. The van der Waals surface area contributed by atoms with E-state index in [4.69, 9.17) is 5.73 Å². The van der Waals surface area contributed by atoms with Gasteiger partial charge in [0.1, 0.15) is 5.82 Å².